The Hall–Kier alpha value is -1.80. The van der Waals surface area contributed by atoms with E-state index >= 15 is 0 Å². The van der Waals surface area contributed by atoms with Crippen LogP contribution in [0, 0.1) is 6.92 Å². The normalized spacial score (nSPS) is 18.8. The molecule has 2 aromatic rings. The number of phenolic OH excluding ortho intramolecular Hbond substituents is 1. The van der Waals surface area contributed by atoms with Gasteiger partial charge in [-0.3, -0.25) is 0 Å². The predicted octanol–water partition coefficient (Wildman–Crippen LogP) is 4.04. The first-order chi connectivity index (χ1) is 9.65. The van der Waals surface area contributed by atoms with E-state index in [1.165, 1.54) is 16.7 Å². The molecule has 0 saturated heterocycles. The van der Waals surface area contributed by atoms with Crippen molar-refractivity contribution in [1.82, 2.24) is 5.32 Å². The SMILES string of the molecule is Cc1cccc([C@H](C)NC2CCc3c(O)cccc32)c1. The molecule has 2 nitrogen and oxygen atoms in total. The van der Waals surface area contributed by atoms with Gasteiger partial charge in [-0.1, -0.05) is 42.0 Å². The molecular weight excluding hydrogens is 246 g/mol. The van der Waals surface area contributed by atoms with Crippen LogP contribution in [0.15, 0.2) is 42.5 Å². The van der Waals surface area contributed by atoms with Crippen molar-refractivity contribution in [1.29, 1.82) is 0 Å². The molecule has 0 amide bonds. The third-order valence-corrected chi connectivity index (χ3v) is 4.24. The fourth-order valence-electron chi connectivity index (χ4n) is 3.15. The second-order valence-electron chi connectivity index (χ2n) is 5.74. The number of aromatic hydroxyl groups is 1. The van der Waals surface area contributed by atoms with Crippen molar-refractivity contribution in [3.63, 3.8) is 0 Å². The minimum Gasteiger partial charge on any atom is -0.508 e. The van der Waals surface area contributed by atoms with Crippen LogP contribution in [0.4, 0.5) is 0 Å². The fourth-order valence-corrected chi connectivity index (χ4v) is 3.15. The van der Waals surface area contributed by atoms with Crippen LogP contribution in [-0.4, -0.2) is 5.11 Å². The third-order valence-electron chi connectivity index (χ3n) is 4.24. The third kappa shape index (κ3) is 2.44. The average molecular weight is 267 g/mol. The average Bonchev–Trinajstić information content (AvgIpc) is 2.83. The molecule has 0 aromatic heterocycles. The van der Waals surface area contributed by atoms with Crippen LogP contribution in [0.2, 0.25) is 0 Å². The van der Waals surface area contributed by atoms with Gasteiger partial charge in [0.25, 0.3) is 0 Å². The number of benzene rings is 2. The predicted molar refractivity (Wildman–Crippen MR) is 81.9 cm³/mol. The summed E-state index contributed by atoms with van der Waals surface area (Å²) in [5.74, 6) is 0.440. The van der Waals surface area contributed by atoms with E-state index in [2.05, 4.69) is 49.5 Å². The molecule has 2 heteroatoms. The van der Waals surface area contributed by atoms with E-state index in [4.69, 9.17) is 0 Å². The summed E-state index contributed by atoms with van der Waals surface area (Å²) < 4.78 is 0. The van der Waals surface area contributed by atoms with E-state index in [1.54, 1.807) is 6.07 Å². The van der Waals surface area contributed by atoms with Crippen molar-refractivity contribution in [3.05, 3.63) is 64.7 Å². The molecule has 0 aliphatic heterocycles. The fraction of sp³-hybridized carbons (Fsp3) is 0.333. The van der Waals surface area contributed by atoms with Crippen LogP contribution >= 0.6 is 0 Å². The van der Waals surface area contributed by atoms with Gasteiger partial charge in [-0.25, -0.2) is 0 Å². The van der Waals surface area contributed by atoms with Crippen molar-refractivity contribution >= 4 is 0 Å². The number of hydrogen-bond donors (Lipinski definition) is 2. The maximum Gasteiger partial charge on any atom is 0.119 e. The van der Waals surface area contributed by atoms with Crippen LogP contribution in [0.25, 0.3) is 0 Å². The molecule has 2 aromatic carbocycles. The monoisotopic (exact) mass is 267 g/mol. The van der Waals surface area contributed by atoms with E-state index in [1.807, 2.05) is 6.07 Å². The summed E-state index contributed by atoms with van der Waals surface area (Å²) >= 11 is 0. The molecular formula is C18H21NO. The Morgan fingerprint density at radius 1 is 1.20 bits per heavy atom. The van der Waals surface area contributed by atoms with Crippen LogP contribution in [-0.2, 0) is 6.42 Å². The van der Waals surface area contributed by atoms with Crippen LogP contribution in [0.1, 0.15) is 47.7 Å². The molecule has 104 valence electrons. The first kappa shape index (κ1) is 13.2. The first-order valence-corrected chi connectivity index (χ1v) is 7.28. The molecule has 0 heterocycles. The smallest absolute Gasteiger partial charge is 0.119 e. The Morgan fingerprint density at radius 2 is 2.00 bits per heavy atom. The van der Waals surface area contributed by atoms with Crippen LogP contribution in [0.3, 0.4) is 0 Å². The molecule has 1 aliphatic carbocycles. The first-order valence-electron chi connectivity index (χ1n) is 7.28. The molecule has 0 saturated carbocycles. The summed E-state index contributed by atoms with van der Waals surface area (Å²) in [4.78, 5) is 0. The zero-order valence-corrected chi connectivity index (χ0v) is 12.1. The van der Waals surface area contributed by atoms with E-state index in [0.717, 1.165) is 18.4 Å². The molecule has 3 rings (SSSR count). The summed E-state index contributed by atoms with van der Waals surface area (Å²) in [6.45, 7) is 4.33. The molecule has 1 aliphatic rings. The zero-order chi connectivity index (χ0) is 14.1. The van der Waals surface area contributed by atoms with Crippen molar-refractivity contribution in [3.8, 4) is 5.75 Å². The van der Waals surface area contributed by atoms with Gasteiger partial charge in [0.15, 0.2) is 0 Å². The van der Waals surface area contributed by atoms with Crippen molar-refractivity contribution in [2.75, 3.05) is 0 Å². The number of phenols is 1. The summed E-state index contributed by atoms with van der Waals surface area (Å²) in [5, 5.41) is 13.6. The van der Waals surface area contributed by atoms with Gasteiger partial charge in [0.2, 0.25) is 0 Å². The number of aryl methyl sites for hydroxylation is 1. The van der Waals surface area contributed by atoms with Gasteiger partial charge in [0, 0.05) is 12.1 Å². The Balaban J connectivity index is 1.79. The maximum atomic E-state index is 9.91. The van der Waals surface area contributed by atoms with Gasteiger partial charge < -0.3 is 10.4 Å². The van der Waals surface area contributed by atoms with Gasteiger partial charge in [-0.2, -0.15) is 0 Å². The Bertz CT molecular complexity index is 621. The molecule has 2 N–H and O–H groups in total. The highest BCUT2D eigenvalue weighted by molar-refractivity contribution is 5.44. The van der Waals surface area contributed by atoms with Crippen LogP contribution in [0.5, 0.6) is 5.75 Å². The van der Waals surface area contributed by atoms with Gasteiger partial charge >= 0.3 is 0 Å². The molecule has 0 fully saturated rings. The topological polar surface area (TPSA) is 32.3 Å². The lowest BCUT2D eigenvalue weighted by Crippen LogP contribution is -2.23. The quantitative estimate of drug-likeness (QED) is 0.879. The summed E-state index contributed by atoms with van der Waals surface area (Å²) in [7, 11) is 0. The number of rotatable bonds is 3. The molecule has 2 atom stereocenters. The summed E-state index contributed by atoms with van der Waals surface area (Å²) in [6.07, 6.45) is 2.02. The number of hydrogen-bond acceptors (Lipinski definition) is 2. The highest BCUT2D eigenvalue weighted by Gasteiger charge is 2.25. The standard InChI is InChI=1S/C18H21NO/c1-12-5-3-6-14(11-12)13(2)19-17-10-9-16-15(17)7-4-8-18(16)20/h3-8,11,13,17,19-20H,9-10H2,1-2H3/t13-,17?/m0/s1. The van der Waals surface area contributed by atoms with Gasteiger partial charge in [0.05, 0.1) is 0 Å². The Morgan fingerprint density at radius 3 is 2.80 bits per heavy atom. The van der Waals surface area contributed by atoms with E-state index < -0.39 is 0 Å². The minimum atomic E-state index is 0.313. The lowest BCUT2D eigenvalue weighted by atomic mass is 10.0. The molecule has 0 bridgehead atoms. The van der Waals surface area contributed by atoms with E-state index in [9.17, 15) is 5.11 Å². The number of fused-ring (bicyclic) bond motifs is 1. The highest BCUT2D eigenvalue weighted by atomic mass is 16.3. The van der Waals surface area contributed by atoms with Gasteiger partial charge in [-0.15, -0.1) is 0 Å². The second-order valence-corrected chi connectivity index (χ2v) is 5.74. The summed E-state index contributed by atoms with van der Waals surface area (Å²) in [6, 6.07) is 15.1. The number of nitrogens with one attached hydrogen (secondary N) is 1. The largest absolute Gasteiger partial charge is 0.508 e. The zero-order valence-electron chi connectivity index (χ0n) is 12.1. The van der Waals surface area contributed by atoms with Crippen molar-refractivity contribution in [2.45, 2.75) is 38.8 Å². The Kier molecular flexibility index (Phi) is 3.49. The molecule has 1 unspecified atom stereocenters. The maximum absolute atomic E-state index is 9.91. The lowest BCUT2D eigenvalue weighted by Gasteiger charge is -2.21. The lowest BCUT2D eigenvalue weighted by molar-refractivity contribution is 0.465. The van der Waals surface area contributed by atoms with Crippen molar-refractivity contribution in [2.24, 2.45) is 0 Å². The van der Waals surface area contributed by atoms with E-state index in [0.29, 0.717) is 17.8 Å². The Labute approximate surface area is 120 Å². The molecule has 20 heavy (non-hydrogen) atoms. The van der Waals surface area contributed by atoms with E-state index in [-0.39, 0.29) is 0 Å². The molecule has 0 radical (unpaired) electrons. The minimum absolute atomic E-state index is 0.313. The molecule has 0 spiro atoms. The summed E-state index contributed by atoms with van der Waals surface area (Å²) in [5.41, 5.74) is 4.98. The van der Waals surface area contributed by atoms with Gasteiger partial charge in [-0.05, 0) is 49.4 Å². The van der Waals surface area contributed by atoms with Gasteiger partial charge in [0.1, 0.15) is 5.75 Å². The highest BCUT2D eigenvalue weighted by Crippen LogP contribution is 2.37. The second kappa shape index (κ2) is 5.29. The van der Waals surface area contributed by atoms with Crippen LogP contribution < -0.4 is 5.32 Å². The van der Waals surface area contributed by atoms with Crippen molar-refractivity contribution < 1.29 is 5.11 Å².